The minimum absolute atomic E-state index is 0. The van der Waals surface area contributed by atoms with E-state index in [9.17, 15) is 4.79 Å². The van der Waals surface area contributed by atoms with E-state index in [1.54, 1.807) is 12.4 Å². The van der Waals surface area contributed by atoms with Crippen molar-refractivity contribution >= 4 is 42.5 Å². The molecule has 2 heterocycles. The maximum absolute atomic E-state index is 11.7. The van der Waals surface area contributed by atoms with Crippen molar-refractivity contribution in [3.05, 3.63) is 30.1 Å². The van der Waals surface area contributed by atoms with Crippen molar-refractivity contribution in [1.29, 1.82) is 0 Å². The molecule has 1 unspecified atom stereocenters. The molecule has 1 fully saturated rings. The molecular weight excluding hydrogens is 305 g/mol. The van der Waals surface area contributed by atoms with Crippen LogP contribution >= 0.6 is 36.6 Å². The number of carbonyl (C=O) groups excluding carboxylic acids is 1. The van der Waals surface area contributed by atoms with Crippen LogP contribution < -0.4 is 10.6 Å². The molecule has 0 spiro atoms. The van der Waals surface area contributed by atoms with E-state index in [1.807, 2.05) is 23.9 Å². The molecule has 2 N–H and O–H groups in total. The molecule has 1 amide bonds. The van der Waals surface area contributed by atoms with Gasteiger partial charge in [-0.2, -0.15) is 11.8 Å². The minimum Gasteiger partial charge on any atom is -0.352 e. The van der Waals surface area contributed by atoms with Crippen molar-refractivity contribution in [2.24, 2.45) is 0 Å². The molecule has 1 aromatic heterocycles. The van der Waals surface area contributed by atoms with Crippen LogP contribution in [0.1, 0.15) is 12.0 Å². The Kier molecular flexibility index (Phi) is 10.0. The fourth-order valence-corrected chi connectivity index (χ4v) is 2.70. The van der Waals surface area contributed by atoms with Crippen LogP contribution in [0.3, 0.4) is 0 Å². The number of hydrogen-bond acceptors (Lipinski definition) is 4. The molecule has 19 heavy (non-hydrogen) atoms. The molecule has 0 aromatic carbocycles. The van der Waals surface area contributed by atoms with Gasteiger partial charge in [0.05, 0.1) is 0 Å². The van der Waals surface area contributed by atoms with Crippen molar-refractivity contribution < 1.29 is 4.79 Å². The highest BCUT2D eigenvalue weighted by molar-refractivity contribution is 7.99. The van der Waals surface area contributed by atoms with Crippen LogP contribution in [0.15, 0.2) is 24.5 Å². The number of nitrogens with zero attached hydrogens (tertiary/aromatic N) is 1. The molecule has 2 rings (SSSR count). The lowest BCUT2D eigenvalue weighted by Crippen LogP contribution is -2.41. The summed E-state index contributed by atoms with van der Waals surface area (Å²) < 4.78 is 0. The zero-order chi connectivity index (χ0) is 11.9. The van der Waals surface area contributed by atoms with Crippen LogP contribution in [-0.2, 0) is 11.3 Å². The number of halogens is 2. The number of thioether (sulfide) groups is 1. The first-order valence-electron chi connectivity index (χ1n) is 5.81. The summed E-state index contributed by atoms with van der Waals surface area (Å²) in [6, 6.07) is 4.16. The molecule has 1 aliphatic heterocycles. The summed E-state index contributed by atoms with van der Waals surface area (Å²) in [5.74, 6) is 2.28. The van der Waals surface area contributed by atoms with Gasteiger partial charge in [0.1, 0.15) is 0 Å². The number of amides is 1. The Hall–Kier alpha value is -0.490. The van der Waals surface area contributed by atoms with Crippen LogP contribution in [-0.4, -0.2) is 35.0 Å². The smallest absolute Gasteiger partial charge is 0.221 e. The van der Waals surface area contributed by atoms with E-state index >= 15 is 0 Å². The molecule has 1 saturated heterocycles. The highest BCUT2D eigenvalue weighted by atomic mass is 35.5. The van der Waals surface area contributed by atoms with Gasteiger partial charge in [0.15, 0.2) is 0 Å². The quantitative estimate of drug-likeness (QED) is 0.884. The lowest BCUT2D eigenvalue weighted by Gasteiger charge is -2.22. The third-order valence-electron chi connectivity index (χ3n) is 2.64. The summed E-state index contributed by atoms with van der Waals surface area (Å²) in [6.45, 7) is 1.57. The first-order chi connectivity index (χ1) is 8.34. The third kappa shape index (κ3) is 7.01. The molecule has 0 aliphatic carbocycles. The van der Waals surface area contributed by atoms with Crippen molar-refractivity contribution in [3.63, 3.8) is 0 Å². The van der Waals surface area contributed by atoms with Crippen LogP contribution in [0.2, 0.25) is 0 Å². The Morgan fingerprint density at radius 3 is 3.00 bits per heavy atom. The number of hydrogen-bond donors (Lipinski definition) is 2. The number of pyridine rings is 1. The van der Waals surface area contributed by atoms with Crippen molar-refractivity contribution in [2.45, 2.75) is 19.0 Å². The van der Waals surface area contributed by atoms with Gasteiger partial charge in [0.2, 0.25) is 5.91 Å². The summed E-state index contributed by atoms with van der Waals surface area (Å²) >= 11 is 1.91. The van der Waals surface area contributed by atoms with Gasteiger partial charge in [-0.1, -0.05) is 6.07 Å². The predicted octanol–water partition coefficient (Wildman–Crippen LogP) is 1.64. The van der Waals surface area contributed by atoms with E-state index in [-0.39, 0.29) is 30.7 Å². The highest BCUT2D eigenvalue weighted by Gasteiger charge is 2.16. The Bertz CT molecular complexity index is 361. The number of rotatable bonds is 4. The summed E-state index contributed by atoms with van der Waals surface area (Å²) in [6.07, 6.45) is 4.07. The second-order valence-electron chi connectivity index (χ2n) is 4.07. The maximum Gasteiger partial charge on any atom is 0.221 e. The Morgan fingerprint density at radius 1 is 1.53 bits per heavy atom. The van der Waals surface area contributed by atoms with E-state index < -0.39 is 0 Å². The first kappa shape index (κ1) is 18.5. The van der Waals surface area contributed by atoms with E-state index in [0.29, 0.717) is 19.0 Å². The summed E-state index contributed by atoms with van der Waals surface area (Å²) in [7, 11) is 0. The molecule has 0 saturated carbocycles. The Balaban J connectivity index is 0.00000162. The molecule has 1 atom stereocenters. The summed E-state index contributed by atoms with van der Waals surface area (Å²) in [5.41, 5.74) is 1.03. The van der Waals surface area contributed by atoms with Gasteiger partial charge in [0, 0.05) is 49.5 Å². The van der Waals surface area contributed by atoms with E-state index in [4.69, 9.17) is 0 Å². The lowest BCUT2D eigenvalue weighted by molar-refractivity contribution is -0.121. The minimum atomic E-state index is 0. The second kappa shape index (κ2) is 10.3. The zero-order valence-electron chi connectivity index (χ0n) is 10.5. The fraction of sp³-hybridized carbons (Fsp3) is 0.500. The van der Waals surface area contributed by atoms with Crippen molar-refractivity contribution in [2.75, 3.05) is 18.1 Å². The van der Waals surface area contributed by atoms with Crippen LogP contribution in [0, 0.1) is 0 Å². The molecular formula is C12H19Cl2N3OS. The van der Waals surface area contributed by atoms with E-state index in [1.165, 1.54) is 0 Å². The van der Waals surface area contributed by atoms with Crippen molar-refractivity contribution in [1.82, 2.24) is 15.6 Å². The van der Waals surface area contributed by atoms with Gasteiger partial charge in [-0.3, -0.25) is 9.78 Å². The Labute approximate surface area is 130 Å². The standard InChI is InChI=1S/C12H17N3OS.2ClH/c16-12(6-11-9-17-5-4-14-11)15-8-10-2-1-3-13-7-10;;/h1-3,7,11,14H,4-6,8-9H2,(H,15,16);2*1H. The van der Waals surface area contributed by atoms with Gasteiger partial charge in [0.25, 0.3) is 0 Å². The fourth-order valence-electron chi connectivity index (χ4n) is 1.75. The molecule has 1 aliphatic rings. The molecule has 108 valence electrons. The molecule has 0 radical (unpaired) electrons. The number of nitrogens with one attached hydrogen (secondary N) is 2. The van der Waals surface area contributed by atoms with Crippen molar-refractivity contribution in [3.8, 4) is 0 Å². The lowest BCUT2D eigenvalue weighted by atomic mass is 10.2. The zero-order valence-corrected chi connectivity index (χ0v) is 13.0. The molecule has 7 heteroatoms. The number of carbonyl (C=O) groups is 1. The van der Waals surface area contributed by atoms with Crippen LogP contribution in [0.5, 0.6) is 0 Å². The topological polar surface area (TPSA) is 54.0 Å². The Morgan fingerprint density at radius 2 is 2.37 bits per heavy atom. The van der Waals surface area contributed by atoms with E-state index in [2.05, 4.69) is 15.6 Å². The van der Waals surface area contributed by atoms with Gasteiger partial charge in [-0.15, -0.1) is 24.8 Å². The van der Waals surface area contributed by atoms with Gasteiger partial charge >= 0.3 is 0 Å². The monoisotopic (exact) mass is 323 g/mol. The highest BCUT2D eigenvalue weighted by Crippen LogP contribution is 2.10. The van der Waals surface area contributed by atoms with Gasteiger partial charge in [-0.05, 0) is 11.6 Å². The summed E-state index contributed by atoms with van der Waals surface area (Å²) in [5, 5.41) is 6.27. The average Bonchev–Trinajstić information content (AvgIpc) is 2.39. The largest absolute Gasteiger partial charge is 0.352 e. The van der Waals surface area contributed by atoms with E-state index in [0.717, 1.165) is 23.6 Å². The maximum atomic E-state index is 11.7. The average molecular weight is 324 g/mol. The third-order valence-corrected chi connectivity index (χ3v) is 3.77. The van der Waals surface area contributed by atoms with Crippen LogP contribution in [0.4, 0.5) is 0 Å². The van der Waals surface area contributed by atoms with Gasteiger partial charge in [-0.25, -0.2) is 0 Å². The molecule has 4 nitrogen and oxygen atoms in total. The van der Waals surface area contributed by atoms with Crippen LogP contribution in [0.25, 0.3) is 0 Å². The molecule has 0 bridgehead atoms. The first-order valence-corrected chi connectivity index (χ1v) is 6.97. The summed E-state index contributed by atoms with van der Waals surface area (Å²) in [4.78, 5) is 15.7. The second-order valence-corrected chi connectivity index (χ2v) is 5.22. The number of aromatic nitrogens is 1. The van der Waals surface area contributed by atoms with Gasteiger partial charge < -0.3 is 10.6 Å². The SMILES string of the molecule is Cl.Cl.O=C(CC1CSCCN1)NCc1cccnc1. The predicted molar refractivity (Wildman–Crippen MR) is 84.3 cm³/mol. The normalized spacial score (nSPS) is 17.8. The molecule has 1 aromatic rings.